The number of ether oxygens (including phenoxy) is 2. The van der Waals surface area contributed by atoms with Crippen molar-refractivity contribution in [2.45, 2.75) is 6.61 Å². The van der Waals surface area contributed by atoms with Crippen LogP contribution in [0.1, 0.15) is 5.82 Å². The minimum absolute atomic E-state index is 0.445. The minimum Gasteiger partial charge on any atom is -0.378 e. The molecule has 0 aliphatic carbocycles. The van der Waals surface area contributed by atoms with Crippen molar-refractivity contribution in [3.63, 3.8) is 0 Å². The lowest BCUT2D eigenvalue weighted by Crippen LogP contribution is -2.36. The number of rotatable bonds is 4. The Morgan fingerprint density at radius 1 is 1.38 bits per heavy atom. The quantitative estimate of drug-likeness (QED) is 0.616. The number of anilines is 2. The number of nitrogens with one attached hydrogen (secondary N) is 1. The lowest BCUT2D eigenvalue weighted by atomic mass is 10.3. The molecule has 0 saturated carbocycles. The third-order valence-corrected chi connectivity index (χ3v) is 3.67. The van der Waals surface area contributed by atoms with Crippen molar-refractivity contribution in [2.24, 2.45) is 12.9 Å². The molecule has 0 atom stereocenters. The van der Waals surface area contributed by atoms with Crippen LogP contribution in [0.4, 0.5) is 11.5 Å². The van der Waals surface area contributed by atoms with Gasteiger partial charge >= 0.3 is 0 Å². The van der Waals surface area contributed by atoms with E-state index >= 15 is 0 Å². The van der Waals surface area contributed by atoms with Crippen LogP contribution in [-0.4, -0.2) is 47.9 Å². The Hall–Kier alpha value is -1.90. The number of aryl methyl sites for hydroxylation is 1. The molecule has 1 aliphatic heterocycles. The van der Waals surface area contributed by atoms with Gasteiger partial charge in [0, 0.05) is 33.3 Å². The predicted octanol–water partition coefficient (Wildman–Crippen LogP) is 0.237. The highest BCUT2D eigenvalue weighted by Gasteiger charge is 2.20. The Labute approximate surface area is 122 Å². The highest BCUT2D eigenvalue weighted by atomic mass is 16.5. The summed E-state index contributed by atoms with van der Waals surface area (Å²) in [5.74, 6) is 7.00. The smallest absolute Gasteiger partial charge is 0.164 e. The van der Waals surface area contributed by atoms with E-state index in [0.717, 1.165) is 35.8 Å². The first kappa shape index (κ1) is 14.1. The van der Waals surface area contributed by atoms with Gasteiger partial charge in [-0.15, -0.1) is 0 Å². The summed E-state index contributed by atoms with van der Waals surface area (Å²) in [6.07, 6.45) is 0. The summed E-state index contributed by atoms with van der Waals surface area (Å²) in [6, 6.07) is 1.93. The fourth-order valence-electron chi connectivity index (χ4n) is 2.56. The minimum atomic E-state index is 0.445. The molecule has 1 fully saturated rings. The highest BCUT2D eigenvalue weighted by Crippen LogP contribution is 2.29. The number of pyridine rings is 1. The maximum Gasteiger partial charge on any atom is 0.164 e. The predicted molar refractivity (Wildman–Crippen MR) is 80.1 cm³/mol. The first-order chi connectivity index (χ1) is 10.2. The Kier molecular flexibility index (Phi) is 3.91. The number of methoxy groups -OCH3 is 1. The van der Waals surface area contributed by atoms with Gasteiger partial charge in [-0.3, -0.25) is 0 Å². The Bertz CT molecular complexity index is 635. The average Bonchev–Trinajstić information content (AvgIpc) is 2.84. The van der Waals surface area contributed by atoms with Gasteiger partial charge in [-0.2, -0.15) is 0 Å². The number of fused-ring (bicyclic) bond motifs is 1. The van der Waals surface area contributed by atoms with Crippen LogP contribution in [0.15, 0.2) is 6.07 Å². The number of nitrogen functional groups attached to an aromatic ring is 1. The average molecular weight is 292 g/mol. The number of hydrogen-bond donors (Lipinski definition) is 2. The van der Waals surface area contributed by atoms with Gasteiger partial charge in [0.1, 0.15) is 23.8 Å². The number of hydrogen-bond acceptors (Lipinski definition) is 7. The van der Waals surface area contributed by atoms with E-state index in [-0.39, 0.29) is 0 Å². The van der Waals surface area contributed by atoms with Crippen LogP contribution in [-0.2, 0) is 23.1 Å². The SMILES string of the molecule is COCc1nc2c(N3CCOCC3)cc(NN)nc2n1C. The van der Waals surface area contributed by atoms with Crippen molar-refractivity contribution in [3.05, 3.63) is 11.9 Å². The number of hydrazine groups is 1. The van der Waals surface area contributed by atoms with Gasteiger partial charge in [-0.25, -0.2) is 15.8 Å². The number of nitrogens with zero attached hydrogens (tertiary/aromatic N) is 4. The summed E-state index contributed by atoms with van der Waals surface area (Å²) in [6.45, 7) is 3.54. The topological polar surface area (TPSA) is 90.5 Å². The van der Waals surface area contributed by atoms with Gasteiger partial charge in [0.2, 0.25) is 0 Å². The molecule has 8 heteroatoms. The molecule has 0 unspecified atom stereocenters. The zero-order valence-corrected chi connectivity index (χ0v) is 12.3. The van der Waals surface area contributed by atoms with Gasteiger partial charge in [-0.05, 0) is 0 Å². The summed E-state index contributed by atoms with van der Waals surface area (Å²) in [5.41, 5.74) is 5.30. The molecule has 3 rings (SSSR count). The molecule has 0 bridgehead atoms. The fraction of sp³-hybridized carbons (Fsp3) is 0.538. The van der Waals surface area contributed by atoms with Crippen molar-refractivity contribution in [1.29, 1.82) is 0 Å². The van der Waals surface area contributed by atoms with Crippen LogP contribution in [0.25, 0.3) is 11.2 Å². The summed E-state index contributed by atoms with van der Waals surface area (Å²) in [7, 11) is 3.59. The zero-order chi connectivity index (χ0) is 14.8. The number of morpholine rings is 1. The van der Waals surface area contributed by atoms with Crippen molar-refractivity contribution < 1.29 is 9.47 Å². The molecule has 2 aromatic heterocycles. The van der Waals surface area contributed by atoms with Gasteiger partial charge in [-0.1, -0.05) is 0 Å². The van der Waals surface area contributed by atoms with E-state index in [4.69, 9.17) is 15.3 Å². The second-order valence-electron chi connectivity index (χ2n) is 4.96. The van der Waals surface area contributed by atoms with E-state index in [1.54, 1.807) is 7.11 Å². The molecule has 114 valence electrons. The van der Waals surface area contributed by atoms with Crippen LogP contribution < -0.4 is 16.2 Å². The summed E-state index contributed by atoms with van der Waals surface area (Å²) in [4.78, 5) is 11.4. The highest BCUT2D eigenvalue weighted by molar-refractivity contribution is 5.89. The molecule has 0 amide bonds. The van der Waals surface area contributed by atoms with E-state index in [0.29, 0.717) is 25.6 Å². The third-order valence-electron chi connectivity index (χ3n) is 3.67. The molecule has 3 heterocycles. The Balaban J connectivity index is 2.14. The number of nitrogens with two attached hydrogens (primary N) is 1. The second-order valence-corrected chi connectivity index (χ2v) is 4.96. The molecule has 8 nitrogen and oxygen atoms in total. The first-order valence-electron chi connectivity index (χ1n) is 6.89. The lowest BCUT2D eigenvalue weighted by molar-refractivity contribution is 0.123. The second kappa shape index (κ2) is 5.84. The van der Waals surface area contributed by atoms with E-state index in [9.17, 15) is 0 Å². The van der Waals surface area contributed by atoms with Crippen molar-refractivity contribution in [3.8, 4) is 0 Å². The van der Waals surface area contributed by atoms with E-state index < -0.39 is 0 Å². The largest absolute Gasteiger partial charge is 0.378 e. The van der Waals surface area contributed by atoms with E-state index in [2.05, 4.69) is 20.3 Å². The van der Waals surface area contributed by atoms with Gasteiger partial charge in [0.15, 0.2) is 5.65 Å². The maximum atomic E-state index is 5.54. The summed E-state index contributed by atoms with van der Waals surface area (Å²) < 4.78 is 12.5. The molecule has 21 heavy (non-hydrogen) atoms. The monoisotopic (exact) mass is 292 g/mol. The standard InChI is InChI=1S/C13H20N6O2/c1-18-11(8-20-2)16-12-9(19-3-5-21-6-4-19)7-10(17-14)15-13(12)18/h7H,3-6,8,14H2,1-2H3,(H,15,17). The third kappa shape index (κ3) is 2.53. The lowest BCUT2D eigenvalue weighted by Gasteiger charge is -2.29. The van der Waals surface area contributed by atoms with Crippen LogP contribution in [0.3, 0.4) is 0 Å². The van der Waals surface area contributed by atoms with Crippen molar-refractivity contribution >= 4 is 22.7 Å². The van der Waals surface area contributed by atoms with Crippen LogP contribution >= 0.6 is 0 Å². The normalized spacial score (nSPS) is 15.7. The van der Waals surface area contributed by atoms with E-state index in [1.165, 1.54) is 0 Å². The molecule has 0 spiro atoms. The molecule has 1 saturated heterocycles. The summed E-state index contributed by atoms with van der Waals surface area (Å²) in [5, 5.41) is 0. The van der Waals surface area contributed by atoms with Crippen molar-refractivity contribution in [2.75, 3.05) is 43.7 Å². The molecule has 0 aromatic carbocycles. The Morgan fingerprint density at radius 3 is 2.81 bits per heavy atom. The number of imidazole rings is 1. The van der Waals surface area contributed by atoms with Crippen LogP contribution in [0, 0.1) is 0 Å². The van der Waals surface area contributed by atoms with Gasteiger partial charge in [0.25, 0.3) is 0 Å². The molecule has 2 aromatic rings. The van der Waals surface area contributed by atoms with Crippen LogP contribution in [0.2, 0.25) is 0 Å². The number of aromatic nitrogens is 3. The maximum absolute atomic E-state index is 5.54. The summed E-state index contributed by atoms with van der Waals surface area (Å²) >= 11 is 0. The van der Waals surface area contributed by atoms with Gasteiger partial charge < -0.3 is 24.4 Å². The molecule has 0 radical (unpaired) electrons. The fourth-order valence-corrected chi connectivity index (χ4v) is 2.56. The molecule has 3 N–H and O–H groups in total. The zero-order valence-electron chi connectivity index (χ0n) is 12.3. The Morgan fingerprint density at radius 2 is 2.14 bits per heavy atom. The first-order valence-corrected chi connectivity index (χ1v) is 6.89. The molecular formula is C13H20N6O2. The molecule has 1 aliphatic rings. The van der Waals surface area contributed by atoms with Crippen LogP contribution in [0.5, 0.6) is 0 Å². The van der Waals surface area contributed by atoms with Crippen molar-refractivity contribution in [1.82, 2.24) is 14.5 Å². The van der Waals surface area contributed by atoms with E-state index in [1.807, 2.05) is 17.7 Å². The molecular weight excluding hydrogens is 272 g/mol. The van der Waals surface area contributed by atoms with Gasteiger partial charge in [0.05, 0.1) is 18.9 Å².